The third-order valence-corrected chi connectivity index (χ3v) is 5.29. The topological polar surface area (TPSA) is 57.7 Å². The molecule has 0 spiro atoms. The molecule has 0 radical (unpaired) electrons. The van der Waals surface area contributed by atoms with Gasteiger partial charge in [-0.3, -0.25) is 24.2 Å². The highest BCUT2D eigenvalue weighted by Crippen LogP contribution is 2.40. The van der Waals surface area contributed by atoms with Crippen LogP contribution in [0.2, 0.25) is 0 Å². The lowest BCUT2D eigenvalue weighted by molar-refractivity contribution is -0.140. The minimum Gasteiger partial charge on any atom is -0.294 e. The third-order valence-electron chi connectivity index (χ3n) is 5.29. The average molecular weight is 328 g/mol. The Bertz CT molecular complexity index is 668. The van der Waals surface area contributed by atoms with Gasteiger partial charge in [0.2, 0.25) is 17.7 Å². The number of carbonyl (C=O) groups is 3. The van der Waals surface area contributed by atoms with Crippen molar-refractivity contribution in [1.29, 1.82) is 0 Å². The molecule has 128 valence electrons. The number of carbonyl (C=O) groups excluding carboxylic acids is 3. The molecule has 3 amide bonds. The van der Waals surface area contributed by atoms with Crippen LogP contribution in [0.3, 0.4) is 0 Å². The molecule has 5 nitrogen and oxygen atoms in total. The highest BCUT2D eigenvalue weighted by molar-refractivity contribution is 6.06. The number of anilines is 1. The van der Waals surface area contributed by atoms with E-state index < -0.39 is 0 Å². The molecule has 2 aliphatic rings. The van der Waals surface area contributed by atoms with E-state index in [0.717, 1.165) is 24.8 Å². The zero-order valence-electron chi connectivity index (χ0n) is 14.5. The van der Waals surface area contributed by atoms with E-state index >= 15 is 0 Å². The quantitative estimate of drug-likeness (QED) is 0.802. The Morgan fingerprint density at radius 1 is 1.12 bits per heavy atom. The molecule has 3 rings (SSSR count). The highest BCUT2D eigenvalue weighted by atomic mass is 16.2. The third kappa shape index (κ3) is 2.95. The van der Waals surface area contributed by atoms with Gasteiger partial charge in [0, 0.05) is 12.6 Å². The molecule has 2 fully saturated rings. The van der Waals surface area contributed by atoms with E-state index in [0.29, 0.717) is 11.6 Å². The monoisotopic (exact) mass is 328 g/mol. The second-order valence-electron chi connectivity index (χ2n) is 7.16. The SMILES string of the molecule is CC(=O)N(CN1C(=O)C2CCC(C)CC2C1=O)c1ccc(C)cc1. The number of amides is 3. The van der Waals surface area contributed by atoms with E-state index in [9.17, 15) is 14.4 Å². The molecule has 3 atom stereocenters. The van der Waals surface area contributed by atoms with Crippen molar-refractivity contribution in [1.82, 2.24) is 4.90 Å². The van der Waals surface area contributed by atoms with Crippen molar-refractivity contribution < 1.29 is 14.4 Å². The number of fused-ring (bicyclic) bond motifs is 1. The molecule has 1 aliphatic carbocycles. The van der Waals surface area contributed by atoms with Gasteiger partial charge in [-0.05, 0) is 44.2 Å². The predicted octanol–water partition coefficient (Wildman–Crippen LogP) is 2.73. The summed E-state index contributed by atoms with van der Waals surface area (Å²) in [7, 11) is 0. The summed E-state index contributed by atoms with van der Waals surface area (Å²) in [6.45, 7) is 5.57. The Morgan fingerprint density at radius 2 is 1.75 bits per heavy atom. The maximum atomic E-state index is 12.7. The Hall–Kier alpha value is -2.17. The molecule has 1 saturated carbocycles. The second-order valence-corrected chi connectivity index (χ2v) is 7.16. The molecule has 0 bridgehead atoms. The number of nitrogens with zero attached hydrogens (tertiary/aromatic N) is 2. The lowest BCUT2D eigenvalue weighted by Gasteiger charge is -2.26. The van der Waals surface area contributed by atoms with Gasteiger partial charge in [0.05, 0.1) is 11.8 Å². The first-order chi connectivity index (χ1) is 11.4. The van der Waals surface area contributed by atoms with Crippen LogP contribution in [0, 0.1) is 24.7 Å². The summed E-state index contributed by atoms with van der Waals surface area (Å²) in [5.41, 5.74) is 1.80. The second kappa shape index (κ2) is 6.38. The normalized spacial score (nSPS) is 26.5. The summed E-state index contributed by atoms with van der Waals surface area (Å²) in [6.07, 6.45) is 2.54. The zero-order chi connectivity index (χ0) is 17.4. The molecule has 1 aliphatic heterocycles. The summed E-state index contributed by atoms with van der Waals surface area (Å²) in [5.74, 6) is -0.328. The van der Waals surface area contributed by atoms with Gasteiger partial charge >= 0.3 is 0 Å². The van der Waals surface area contributed by atoms with Crippen molar-refractivity contribution in [3.63, 3.8) is 0 Å². The van der Waals surface area contributed by atoms with Gasteiger partial charge in [0.25, 0.3) is 0 Å². The van der Waals surface area contributed by atoms with Crippen molar-refractivity contribution in [3.05, 3.63) is 29.8 Å². The molecule has 3 unspecified atom stereocenters. The maximum Gasteiger partial charge on any atom is 0.234 e. The van der Waals surface area contributed by atoms with E-state index in [4.69, 9.17) is 0 Å². The first-order valence-electron chi connectivity index (χ1n) is 8.58. The van der Waals surface area contributed by atoms with Crippen LogP contribution in [0.15, 0.2) is 24.3 Å². The van der Waals surface area contributed by atoms with Crippen molar-refractivity contribution in [2.75, 3.05) is 11.6 Å². The molecule has 1 aromatic carbocycles. The summed E-state index contributed by atoms with van der Waals surface area (Å²) in [5, 5.41) is 0. The molecule has 24 heavy (non-hydrogen) atoms. The number of aryl methyl sites for hydroxylation is 1. The van der Waals surface area contributed by atoms with E-state index in [2.05, 4.69) is 6.92 Å². The fraction of sp³-hybridized carbons (Fsp3) is 0.526. The summed E-state index contributed by atoms with van der Waals surface area (Å²) < 4.78 is 0. The zero-order valence-corrected chi connectivity index (χ0v) is 14.5. The first-order valence-corrected chi connectivity index (χ1v) is 8.58. The molecular weight excluding hydrogens is 304 g/mol. The van der Waals surface area contributed by atoms with Crippen LogP contribution < -0.4 is 4.90 Å². The maximum absolute atomic E-state index is 12.7. The van der Waals surface area contributed by atoms with Crippen molar-refractivity contribution in [3.8, 4) is 0 Å². The van der Waals surface area contributed by atoms with Gasteiger partial charge in [-0.15, -0.1) is 0 Å². The molecule has 0 aromatic heterocycles. The number of likely N-dealkylation sites (tertiary alicyclic amines) is 1. The number of rotatable bonds is 3. The summed E-state index contributed by atoms with van der Waals surface area (Å²) in [4.78, 5) is 40.2. The molecule has 1 aromatic rings. The van der Waals surface area contributed by atoms with Crippen molar-refractivity contribution >= 4 is 23.4 Å². The summed E-state index contributed by atoms with van der Waals surface area (Å²) >= 11 is 0. The van der Waals surface area contributed by atoms with Gasteiger partial charge in [0.1, 0.15) is 6.67 Å². The van der Waals surface area contributed by atoms with E-state index in [1.807, 2.05) is 31.2 Å². The minimum absolute atomic E-state index is 0.0114. The highest BCUT2D eigenvalue weighted by Gasteiger charge is 2.49. The van der Waals surface area contributed by atoms with Gasteiger partial charge in [0.15, 0.2) is 0 Å². The Kier molecular flexibility index (Phi) is 4.43. The smallest absolute Gasteiger partial charge is 0.234 e. The van der Waals surface area contributed by atoms with Crippen LogP contribution in [0.4, 0.5) is 5.69 Å². The van der Waals surface area contributed by atoms with E-state index in [1.54, 1.807) is 0 Å². The largest absolute Gasteiger partial charge is 0.294 e. The fourth-order valence-electron chi connectivity index (χ4n) is 3.83. The van der Waals surface area contributed by atoms with Gasteiger partial charge in [-0.25, -0.2) is 0 Å². The predicted molar refractivity (Wildman–Crippen MR) is 91.1 cm³/mol. The van der Waals surface area contributed by atoms with Crippen LogP contribution in [-0.4, -0.2) is 29.3 Å². The number of benzene rings is 1. The Morgan fingerprint density at radius 3 is 2.38 bits per heavy atom. The van der Waals surface area contributed by atoms with Crippen LogP contribution >= 0.6 is 0 Å². The molecule has 0 N–H and O–H groups in total. The van der Waals surface area contributed by atoms with E-state index in [-0.39, 0.29) is 36.2 Å². The average Bonchev–Trinajstić information content (AvgIpc) is 2.77. The van der Waals surface area contributed by atoms with Crippen molar-refractivity contribution in [2.45, 2.75) is 40.0 Å². The first kappa shape index (κ1) is 16.7. The van der Waals surface area contributed by atoms with E-state index in [1.165, 1.54) is 16.7 Å². The summed E-state index contributed by atoms with van der Waals surface area (Å²) in [6, 6.07) is 7.52. The van der Waals surface area contributed by atoms with Gasteiger partial charge < -0.3 is 0 Å². The van der Waals surface area contributed by atoms with Crippen LogP contribution in [0.25, 0.3) is 0 Å². The van der Waals surface area contributed by atoms with Crippen LogP contribution in [-0.2, 0) is 14.4 Å². The Labute approximate surface area is 142 Å². The molecule has 1 saturated heterocycles. The molecule has 1 heterocycles. The van der Waals surface area contributed by atoms with Gasteiger partial charge in [-0.2, -0.15) is 0 Å². The van der Waals surface area contributed by atoms with Crippen LogP contribution in [0.1, 0.15) is 38.7 Å². The number of hydrogen-bond acceptors (Lipinski definition) is 3. The fourth-order valence-corrected chi connectivity index (χ4v) is 3.83. The Balaban J connectivity index is 1.82. The van der Waals surface area contributed by atoms with Gasteiger partial charge in [-0.1, -0.05) is 24.6 Å². The van der Waals surface area contributed by atoms with Crippen molar-refractivity contribution in [2.24, 2.45) is 17.8 Å². The molecular formula is C19H24N2O3. The number of hydrogen-bond donors (Lipinski definition) is 0. The lowest BCUT2D eigenvalue weighted by Crippen LogP contribution is -2.44. The molecule has 5 heteroatoms. The standard InChI is InChI=1S/C19H24N2O3/c1-12-4-7-15(8-5-12)20(14(3)22)11-21-18(23)16-9-6-13(2)10-17(16)19(21)24/h4-5,7-8,13,16-17H,6,9-11H2,1-3H3. The van der Waals surface area contributed by atoms with Crippen LogP contribution in [0.5, 0.6) is 0 Å². The number of imide groups is 1. The lowest BCUT2D eigenvalue weighted by atomic mass is 9.76. The minimum atomic E-state index is -0.201.